The molecule has 23 heavy (non-hydrogen) atoms. The van der Waals surface area contributed by atoms with Gasteiger partial charge in [0.25, 0.3) is 0 Å². The Balaban J connectivity index is 1.60. The molecule has 1 N–H and O–H groups in total. The van der Waals surface area contributed by atoms with E-state index in [1.807, 2.05) is 0 Å². The van der Waals surface area contributed by atoms with Gasteiger partial charge < -0.3 is 9.84 Å². The summed E-state index contributed by atoms with van der Waals surface area (Å²) in [6, 6.07) is 0. The summed E-state index contributed by atoms with van der Waals surface area (Å²) in [5, 5.41) is 10.9. The van der Waals surface area contributed by atoms with Crippen LogP contribution in [0.25, 0.3) is 0 Å². The average molecular weight is 320 g/mol. The first-order valence-corrected chi connectivity index (χ1v) is 9.60. The largest absolute Gasteiger partial charge is 0.389 e. The summed E-state index contributed by atoms with van der Waals surface area (Å²) in [6.45, 7) is 8.92. The summed E-state index contributed by atoms with van der Waals surface area (Å²) in [7, 11) is 0. The molecule has 0 spiro atoms. The molecule has 1 saturated heterocycles. The number of fused-ring (bicyclic) bond motifs is 4. The van der Waals surface area contributed by atoms with Gasteiger partial charge in [0.05, 0.1) is 17.3 Å². The molecule has 3 saturated carbocycles. The van der Waals surface area contributed by atoms with Crippen molar-refractivity contribution >= 4 is 5.78 Å². The van der Waals surface area contributed by atoms with Crippen molar-refractivity contribution in [2.45, 2.75) is 89.9 Å². The molecule has 3 heteroatoms. The Morgan fingerprint density at radius 1 is 1.17 bits per heavy atom. The molecule has 8 atom stereocenters. The first-order valence-electron chi connectivity index (χ1n) is 9.60. The molecule has 2 bridgehead atoms. The number of rotatable bonds is 0. The maximum atomic E-state index is 12.5. The minimum atomic E-state index is -0.490. The lowest BCUT2D eigenvalue weighted by Crippen LogP contribution is -2.39. The molecule has 3 aliphatic carbocycles. The molecule has 1 aliphatic heterocycles. The standard InChI is InChI=1S/C20H32O3/c1-12-14-9-16(21)13(2)15(12)5-6-18(3)11-20(18,22)8-7-19(4)17(10-14)23-19/h12-15,17,22H,5-11H2,1-4H3. The van der Waals surface area contributed by atoms with Gasteiger partial charge >= 0.3 is 0 Å². The topological polar surface area (TPSA) is 49.8 Å². The second-order valence-electron chi connectivity index (χ2n) is 9.70. The van der Waals surface area contributed by atoms with E-state index in [2.05, 4.69) is 27.7 Å². The highest BCUT2D eigenvalue weighted by atomic mass is 16.6. The Labute approximate surface area is 140 Å². The maximum absolute atomic E-state index is 12.5. The molecule has 3 nitrogen and oxygen atoms in total. The van der Waals surface area contributed by atoms with Gasteiger partial charge in [-0.1, -0.05) is 20.8 Å². The summed E-state index contributed by atoms with van der Waals surface area (Å²) >= 11 is 0. The van der Waals surface area contributed by atoms with E-state index < -0.39 is 5.60 Å². The highest BCUT2D eigenvalue weighted by molar-refractivity contribution is 5.82. The Morgan fingerprint density at radius 2 is 1.91 bits per heavy atom. The maximum Gasteiger partial charge on any atom is 0.136 e. The minimum Gasteiger partial charge on any atom is -0.389 e. The number of hydrogen-bond donors (Lipinski definition) is 1. The molecule has 0 aromatic carbocycles. The van der Waals surface area contributed by atoms with E-state index in [4.69, 9.17) is 4.74 Å². The number of carbonyl (C=O) groups excluding carboxylic acids is 1. The normalized spacial score (nSPS) is 59.2. The number of aliphatic hydroxyl groups is 1. The predicted octanol–water partition coefficient (Wildman–Crippen LogP) is 3.73. The second-order valence-corrected chi connectivity index (χ2v) is 9.70. The average Bonchev–Trinajstić information content (AvgIpc) is 3.29. The lowest BCUT2D eigenvalue weighted by Gasteiger charge is -2.40. The van der Waals surface area contributed by atoms with Crippen LogP contribution in [0, 0.1) is 29.1 Å². The van der Waals surface area contributed by atoms with Crippen molar-refractivity contribution in [3.63, 3.8) is 0 Å². The fourth-order valence-corrected chi connectivity index (χ4v) is 5.82. The fraction of sp³-hybridized carbons (Fsp3) is 0.950. The Morgan fingerprint density at radius 3 is 2.65 bits per heavy atom. The van der Waals surface area contributed by atoms with Crippen LogP contribution in [-0.2, 0) is 9.53 Å². The zero-order valence-electron chi connectivity index (χ0n) is 15.1. The Hall–Kier alpha value is -0.410. The zero-order chi connectivity index (χ0) is 16.6. The van der Waals surface area contributed by atoms with Crippen molar-refractivity contribution in [1.29, 1.82) is 0 Å². The van der Waals surface area contributed by atoms with E-state index in [0.717, 1.165) is 44.9 Å². The summed E-state index contributed by atoms with van der Waals surface area (Å²) in [4.78, 5) is 12.5. The van der Waals surface area contributed by atoms with Crippen LogP contribution in [0.2, 0.25) is 0 Å². The van der Waals surface area contributed by atoms with E-state index in [1.54, 1.807) is 0 Å². The number of epoxide rings is 1. The molecule has 4 fully saturated rings. The van der Waals surface area contributed by atoms with Gasteiger partial charge in [0, 0.05) is 12.3 Å². The minimum absolute atomic E-state index is 0.0558. The first-order chi connectivity index (χ1) is 10.7. The molecular formula is C20H32O3. The van der Waals surface area contributed by atoms with Gasteiger partial charge in [0.2, 0.25) is 0 Å². The summed E-state index contributed by atoms with van der Waals surface area (Å²) < 4.78 is 6.04. The number of hydrogen-bond acceptors (Lipinski definition) is 3. The predicted molar refractivity (Wildman–Crippen MR) is 89.0 cm³/mol. The van der Waals surface area contributed by atoms with Gasteiger partial charge in [-0.3, -0.25) is 4.79 Å². The van der Waals surface area contributed by atoms with E-state index in [1.165, 1.54) is 0 Å². The summed E-state index contributed by atoms with van der Waals surface area (Å²) in [5.41, 5.74) is -0.488. The van der Waals surface area contributed by atoms with Crippen LogP contribution in [0.15, 0.2) is 0 Å². The van der Waals surface area contributed by atoms with Crippen LogP contribution in [-0.4, -0.2) is 28.2 Å². The van der Waals surface area contributed by atoms with Gasteiger partial charge in [0.1, 0.15) is 5.78 Å². The van der Waals surface area contributed by atoms with Crippen molar-refractivity contribution in [3.05, 3.63) is 0 Å². The molecule has 4 rings (SSSR count). The number of ether oxygens (including phenoxy) is 1. The molecule has 0 amide bonds. The molecule has 0 aromatic rings. The third-order valence-corrected chi connectivity index (χ3v) is 8.33. The Kier molecular flexibility index (Phi) is 3.37. The third-order valence-electron chi connectivity index (χ3n) is 8.33. The zero-order valence-corrected chi connectivity index (χ0v) is 15.1. The van der Waals surface area contributed by atoms with Crippen molar-refractivity contribution in [2.75, 3.05) is 0 Å². The second kappa shape index (κ2) is 4.82. The van der Waals surface area contributed by atoms with Crippen LogP contribution < -0.4 is 0 Å². The van der Waals surface area contributed by atoms with Crippen LogP contribution in [0.1, 0.15) is 72.6 Å². The first kappa shape index (κ1) is 16.1. The molecular weight excluding hydrogens is 288 g/mol. The van der Waals surface area contributed by atoms with Crippen LogP contribution in [0.5, 0.6) is 0 Å². The molecule has 1 heterocycles. The number of carbonyl (C=O) groups is 1. The summed E-state index contributed by atoms with van der Waals surface area (Å²) in [5.74, 6) is 2.19. The van der Waals surface area contributed by atoms with Gasteiger partial charge in [-0.15, -0.1) is 0 Å². The highest BCUT2D eigenvalue weighted by Gasteiger charge is 2.65. The molecule has 8 unspecified atom stereocenters. The summed E-state index contributed by atoms with van der Waals surface area (Å²) in [6.07, 6.45) is 6.97. The van der Waals surface area contributed by atoms with Gasteiger partial charge in [-0.05, 0) is 68.6 Å². The van der Waals surface area contributed by atoms with E-state index in [0.29, 0.717) is 29.6 Å². The van der Waals surface area contributed by atoms with Gasteiger partial charge in [0.15, 0.2) is 0 Å². The molecule has 4 aliphatic rings. The van der Waals surface area contributed by atoms with Crippen LogP contribution >= 0.6 is 0 Å². The third kappa shape index (κ3) is 2.41. The quantitative estimate of drug-likeness (QED) is 0.692. The number of Topliss-reactive ketones (excluding diaryl/α,β-unsaturated/α-hetero) is 1. The van der Waals surface area contributed by atoms with Crippen molar-refractivity contribution < 1.29 is 14.6 Å². The lowest BCUT2D eigenvalue weighted by molar-refractivity contribution is -0.130. The fourth-order valence-electron chi connectivity index (χ4n) is 5.82. The molecule has 130 valence electrons. The lowest BCUT2D eigenvalue weighted by atomic mass is 9.63. The molecule has 0 aromatic heterocycles. The van der Waals surface area contributed by atoms with Crippen molar-refractivity contribution in [2.24, 2.45) is 29.1 Å². The van der Waals surface area contributed by atoms with Crippen LogP contribution in [0.4, 0.5) is 0 Å². The van der Waals surface area contributed by atoms with Gasteiger partial charge in [-0.25, -0.2) is 0 Å². The highest BCUT2D eigenvalue weighted by Crippen LogP contribution is 2.64. The number of ketones is 1. The van der Waals surface area contributed by atoms with Crippen LogP contribution in [0.3, 0.4) is 0 Å². The van der Waals surface area contributed by atoms with E-state index in [9.17, 15) is 9.90 Å². The molecule has 0 radical (unpaired) electrons. The smallest absolute Gasteiger partial charge is 0.136 e. The van der Waals surface area contributed by atoms with Crippen molar-refractivity contribution in [1.82, 2.24) is 0 Å². The Bertz CT molecular complexity index is 531. The van der Waals surface area contributed by atoms with E-state index >= 15 is 0 Å². The SMILES string of the molecule is CC1C(=O)CC2CC3OC3(C)CCC3(O)CC3(C)CCC1C2C. The van der Waals surface area contributed by atoms with E-state index in [-0.39, 0.29) is 16.9 Å². The van der Waals surface area contributed by atoms with Gasteiger partial charge in [-0.2, -0.15) is 0 Å². The van der Waals surface area contributed by atoms with Crippen molar-refractivity contribution in [3.8, 4) is 0 Å². The monoisotopic (exact) mass is 320 g/mol.